The Morgan fingerprint density at radius 3 is 2.36 bits per heavy atom. The van der Waals surface area contributed by atoms with Crippen molar-refractivity contribution in [2.45, 2.75) is 4.90 Å². The highest BCUT2D eigenvalue weighted by Gasteiger charge is 2.27. The van der Waals surface area contributed by atoms with Gasteiger partial charge >= 0.3 is 0 Å². The quantitative estimate of drug-likeness (QED) is 0.434. The zero-order valence-corrected chi connectivity index (χ0v) is 15.3. The molecular weight excluding hydrogens is 382 g/mol. The molecule has 1 aromatic heterocycles. The molecule has 0 atom stereocenters. The number of benzene rings is 3. The van der Waals surface area contributed by atoms with Gasteiger partial charge in [0, 0.05) is 16.5 Å². The number of carboxylic acid groups (broad SMARTS) is 1. The van der Waals surface area contributed by atoms with E-state index in [-0.39, 0.29) is 16.6 Å². The number of carbonyl (C=O) groups excluding carboxylic acids is 1. The molecule has 0 aliphatic heterocycles. The normalized spacial score (nSPS) is 12.0. The van der Waals surface area contributed by atoms with E-state index in [1.54, 1.807) is 18.2 Å². The van der Waals surface area contributed by atoms with Gasteiger partial charge in [0.05, 0.1) is 33.3 Å². The molecule has 140 valence electrons. The molecule has 0 amide bonds. The fourth-order valence-corrected chi connectivity index (χ4v) is 4.03. The number of nitrogens with zero attached hydrogens (tertiary/aromatic N) is 2. The zero-order valence-electron chi connectivity index (χ0n) is 14.5. The Labute approximate surface area is 158 Å². The summed E-state index contributed by atoms with van der Waals surface area (Å²) in [6.45, 7) is 0. The number of aromatic nitrogens is 2. The average Bonchev–Trinajstić information content (AvgIpc) is 2.93. The number of fused-ring (bicyclic) bond motifs is 4. The van der Waals surface area contributed by atoms with E-state index in [0.717, 1.165) is 10.9 Å². The minimum absolute atomic E-state index is 0. The third kappa shape index (κ3) is 2.45. The second-order valence-electron chi connectivity index (χ2n) is 6.26. The van der Waals surface area contributed by atoms with Crippen LogP contribution < -0.4 is 11.3 Å². The van der Waals surface area contributed by atoms with Gasteiger partial charge in [-0.25, -0.2) is 9.97 Å². The van der Waals surface area contributed by atoms with Gasteiger partial charge in [0.15, 0.2) is 0 Å². The molecule has 0 saturated heterocycles. The second kappa shape index (κ2) is 5.80. The Hall–Kier alpha value is -3.40. The third-order valence-corrected chi connectivity index (χ3v) is 5.49. The van der Waals surface area contributed by atoms with E-state index in [0.29, 0.717) is 33.4 Å². The molecule has 3 aromatic carbocycles. The maximum absolute atomic E-state index is 11.7. The molecule has 5 N–H and O–H groups in total. The highest BCUT2D eigenvalue weighted by atomic mass is 32.2. The van der Waals surface area contributed by atoms with Crippen molar-refractivity contribution in [2.24, 2.45) is 0 Å². The molecule has 0 spiro atoms. The molecule has 0 saturated carbocycles. The maximum atomic E-state index is 11.7. The molecular formula is C19H13N3O5S. The van der Waals surface area contributed by atoms with Gasteiger partial charge in [-0.2, -0.15) is 8.42 Å². The number of aromatic carboxylic acids is 1. The molecule has 0 radical (unpaired) electrons. The van der Waals surface area contributed by atoms with Crippen molar-refractivity contribution in [1.29, 1.82) is 0 Å². The van der Waals surface area contributed by atoms with Crippen LogP contribution in [0.3, 0.4) is 0 Å². The lowest BCUT2D eigenvalue weighted by Crippen LogP contribution is -2.22. The molecule has 4 aromatic rings. The van der Waals surface area contributed by atoms with Crippen molar-refractivity contribution < 1.29 is 22.9 Å². The van der Waals surface area contributed by atoms with Crippen molar-refractivity contribution in [2.75, 3.05) is 0 Å². The lowest BCUT2D eigenvalue weighted by atomic mass is 10.0. The van der Waals surface area contributed by atoms with Crippen LogP contribution in [0.2, 0.25) is 0 Å². The van der Waals surface area contributed by atoms with Gasteiger partial charge in [-0.3, -0.25) is 4.55 Å². The maximum Gasteiger partial charge on any atom is 0.294 e. The van der Waals surface area contributed by atoms with Gasteiger partial charge in [-0.1, -0.05) is 24.3 Å². The first kappa shape index (κ1) is 18.0. The summed E-state index contributed by atoms with van der Waals surface area (Å²) in [7, 11) is -4.40. The first-order chi connectivity index (χ1) is 12.8. The monoisotopic (exact) mass is 395 g/mol. The summed E-state index contributed by atoms with van der Waals surface area (Å²) in [5, 5.41) is 12.5. The first-order valence-electron chi connectivity index (χ1n) is 7.91. The fourth-order valence-electron chi connectivity index (χ4n) is 3.49. The van der Waals surface area contributed by atoms with E-state index in [9.17, 15) is 22.9 Å². The van der Waals surface area contributed by atoms with Gasteiger partial charge in [0.25, 0.3) is 10.1 Å². The number of carbonyl (C=O) groups is 1. The molecule has 9 heteroatoms. The number of hydrogen-bond acceptors (Lipinski definition) is 6. The Kier molecular flexibility index (Phi) is 3.72. The largest absolute Gasteiger partial charge is 0.545 e. The van der Waals surface area contributed by atoms with Crippen molar-refractivity contribution >= 4 is 37.9 Å². The molecule has 1 heterocycles. The van der Waals surface area contributed by atoms with Crippen LogP contribution >= 0.6 is 0 Å². The molecule has 5 rings (SSSR count). The minimum Gasteiger partial charge on any atom is -0.545 e. The predicted octanol–water partition coefficient (Wildman–Crippen LogP) is 2.42. The highest BCUT2D eigenvalue weighted by Crippen LogP contribution is 2.46. The van der Waals surface area contributed by atoms with Gasteiger partial charge in [0.1, 0.15) is 0 Å². The highest BCUT2D eigenvalue weighted by molar-refractivity contribution is 7.85. The van der Waals surface area contributed by atoms with E-state index in [2.05, 4.69) is 9.97 Å². The van der Waals surface area contributed by atoms with E-state index < -0.39 is 16.1 Å². The van der Waals surface area contributed by atoms with Gasteiger partial charge < -0.3 is 16.1 Å². The summed E-state index contributed by atoms with van der Waals surface area (Å²) >= 11 is 0. The lowest BCUT2D eigenvalue weighted by Gasteiger charge is -2.07. The summed E-state index contributed by atoms with van der Waals surface area (Å²) in [5.41, 5.74) is 3.19. The van der Waals surface area contributed by atoms with Gasteiger partial charge in [0.2, 0.25) is 0 Å². The number of hydrogen-bond donors (Lipinski definition) is 2. The topological polar surface area (TPSA) is 157 Å². The van der Waals surface area contributed by atoms with Crippen LogP contribution in [0.25, 0.3) is 44.3 Å². The Bertz CT molecular complexity index is 1430. The molecule has 0 unspecified atom stereocenters. The van der Waals surface area contributed by atoms with Crippen LogP contribution in [0.15, 0.2) is 53.4 Å². The van der Waals surface area contributed by atoms with Crippen molar-refractivity contribution in [1.82, 2.24) is 16.1 Å². The van der Waals surface area contributed by atoms with Crippen LogP contribution in [-0.4, -0.2) is 28.9 Å². The lowest BCUT2D eigenvalue weighted by molar-refractivity contribution is -0.255. The summed E-state index contributed by atoms with van der Waals surface area (Å²) in [6.07, 6.45) is 0. The molecule has 1 aliphatic carbocycles. The van der Waals surface area contributed by atoms with Gasteiger partial charge in [-0.05, 0) is 35.2 Å². The second-order valence-corrected chi connectivity index (χ2v) is 7.68. The van der Waals surface area contributed by atoms with E-state index in [1.165, 1.54) is 24.3 Å². The first-order valence-corrected chi connectivity index (χ1v) is 9.35. The SMILES string of the molecule is O=C([O-])c1ccc2nc3c(nc2c1)-c1cc(S(=O)(=O)O)cc2cccc-3c12.[NH4+]. The Morgan fingerprint density at radius 2 is 1.64 bits per heavy atom. The summed E-state index contributed by atoms with van der Waals surface area (Å²) < 4.78 is 32.8. The molecule has 28 heavy (non-hydrogen) atoms. The zero-order chi connectivity index (χ0) is 18.9. The van der Waals surface area contributed by atoms with Crippen LogP contribution in [-0.2, 0) is 10.1 Å². The van der Waals surface area contributed by atoms with E-state index in [1.807, 2.05) is 6.07 Å². The van der Waals surface area contributed by atoms with Crippen molar-refractivity contribution in [3.63, 3.8) is 0 Å². The molecule has 0 fully saturated rings. The molecule has 8 nitrogen and oxygen atoms in total. The van der Waals surface area contributed by atoms with E-state index in [4.69, 9.17) is 0 Å². The van der Waals surface area contributed by atoms with Crippen LogP contribution in [0.4, 0.5) is 0 Å². The standard InChI is InChI=1S/C19H10N2O5S.H3N/c22-19(23)10-4-5-14-15(7-10)21-18-13-8-11(27(24,25)26)6-9-2-1-3-12(16(9)13)17(18)20-14;/h1-8H,(H,22,23)(H,24,25,26);1H3. The van der Waals surface area contributed by atoms with Gasteiger partial charge in [-0.15, -0.1) is 0 Å². The fraction of sp³-hybridized carbons (Fsp3) is 0. The minimum atomic E-state index is -4.40. The predicted molar refractivity (Wildman–Crippen MR) is 102 cm³/mol. The van der Waals surface area contributed by atoms with Crippen molar-refractivity contribution in [3.8, 4) is 22.5 Å². The molecule has 1 aliphatic rings. The van der Waals surface area contributed by atoms with E-state index >= 15 is 0 Å². The smallest absolute Gasteiger partial charge is 0.294 e. The Morgan fingerprint density at radius 1 is 0.929 bits per heavy atom. The molecule has 0 bridgehead atoms. The summed E-state index contributed by atoms with van der Waals surface area (Å²) in [6, 6.07) is 12.5. The van der Waals surface area contributed by atoms with Crippen molar-refractivity contribution in [3.05, 3.63) is 54.1 Å². The van der Waals surface area contributed by atoms with Crippen LogP contribution in [0.1, 0.15) is 10.4 Å². The third-order valence-electron chi connectivity index (χ3n) is 4.66. The number of rotatable bonds is 2. The number of quaternary nitrogens is 1. The van der Waals surface area contributed by atoms with Crippen LogP contribution in [0, 0.1) is 0 Å². The number of carboxylic acids is 1. The van der Waals surface area contributed by atoms with Crippen LogP contribution in [0.5, 0.6) is 0 Å². The Balaban J connectivity index is 0.00000192. The summed E-state index contributed by atoms with van der Waals surface area (Å²) in [5.74, 6) is -1.32. The summed E-state index contributed by atoms with van der Waals surface area (Å²) in [4.78, 5) is 20.0. The average molecular weight is 395 g/mol.